The topological polar surface area (TPSA) is 95.6 Å². The first-order valence-corrected chi connectivity index (χ1v) is 9.32. The first-order chi connectivity index (χ1) is 13.7. The van der Waals surface area contributed by atoms with E-state index < -0.39 is 5.63 Å². The van der Waals surface area contributed by atoms with Gasteiger partial charge in [0.15, 0.2) is 0 Å². The third-order valence-electron chi connectivity index (χ3n) is 5.23. The number of morpholine rings is 1. The highest BCUT2D eigenvalue weighted by atomic mass is 16.5. The Labute approximate surface area is 160 Å². The van der Waals surface area contributed by atoms with E-state index in [0.29, 0.717) is 42.3 Å². The fraction of sp³-hybridized carbons (Fsp3) is 0.238. The minimum atomic E-state index is -0.504. The van der Waals surface area contributed by atoms with Gasteiger partial charge in [-0.1, -0.05) is 30.0 Å². The zero-order chi connectivity index (χ0) is 19.1. The number of para-hydroxylation sites is 2. The highest BCUT2D eigenvalue weighted by Crippen LogP contribution is 2.27. The minimum absolute atomic E-state index is 0.105. The molecular formula is C21H19N3O4. The van der Waals surface area contributed by atoms with Crippen molar-refractivity contribution in [2.45, 2.75) is 6.54 Å². The van der Waals surface area contributed by atoms with Gasteiger partial charge in [0.05, 0.1) is 24.2 Å². The number of quaternary nitrogens is 1. The predicted molar refractivity (Wildman–Crippen MR) is 102 cm³/mol. The monoisotopic (exact) mass is 377 g/mol. The number of fused-ring (bicyclic) bond motifs is 2. The lowest BCUT2D eigenvalue weighted by molar-refractivity contribution is -0.921. The Kier molecular flexibility index (Phi) is 4.11. The van der Waals surface area contributed by atoms with Crippen molar-refractivity contribution in [1.29, 1.82) is 0 Å². The molecule has 0 spiro atoms. The standard InChI is InChI=1S/C21H19N3O4/c25-18-6-5-13-11-14(20-22-16-3-1-2-4-17(16)23-20)21(26)28-19(13)15(18)12-24-7-9-27-10-8-24/h1-6,11,25H,7-10,12H2,(H,22,23). The van der Waals surface area contributed by atoms with Gasteiger partial charge in [-0.15, -0.1) is 0 Å². The number of aromatic nitrogens is 2. The van der Waals surface area contributed by atoms with Crippen LogP contribution in [0.3, 0.4) is 0 Å². The van der Waals surface area contributed by atoms with Crippen LogP contribution in [0.15, 0.2) is 51.7 Å². The third kappa shape index (κ3) is 2.94. The van der Waals surface area contributed by atoms with Crippen LogP contribution in [0.1, 0.15) is 5.56 Å². The van der Waals surface area contributed by atoms with Gasteiger partial charge in [-0.25, -0.2) is 9.78 Å². The Morgan fingerprint density at radius 2 is 1.96 bits per heavy atom. The van der Waals surface area contributed by atoms with Gasteiger partial charge in [-0.3, -0.25) is 0 Å². The van der Waals surface area contributed by atoms with E-state index in [9.17, 15) is 9.90 Å². The number of hydrogen-bond acceptors (Lipinski definition) is 5. The van der Waals surface area contributed by atoms with Gasteiger partial charge in [0.1, 0.15) is 36.6 Å². The zero-order valence-electron chi connectivity index (χ0n) is 15.2. The number of H-pyrrole nitrogens is 1. The average molecular weight is 377 g/mol. The molecule has 0 saturated carbocycles. The van der Waals surface area contributed by atoms with Crippen molar-refractivity contribution in [2.75, 3.05) is 26.3 Å². The molecule has 5 rings (SSSR count). The van der Waals surface area contributed by atoms with Crippen molar-refractivity contribution in [3.8, 4) is 17.1 Å². The van der Waals surface area contributed by atoms with Gasteiger partial charge in [0, 0.05) is 10.9 Å². The summed E-state index contributed by atoms with van der Waals surface area (Å²) in [5.74, 6) is 0.356. The highest BCUT2D eigenvalue weighted by Gasteiger charge is 2.19. The molecule has 2 aromatic carbocycles. The Morgan fingerprint density at radius 1 is 1.14 bits per heavy atom. The van der Waals surface area contributed by atoms with Crippen LogP contribution in [-0.4, -0.2) is 36.3 Å². The van der Waals surface area contributed by atoms with Crippen LogP contribution < -0.4 is 15.6 Å². The van der Waals surface area contributed by atoms with Crippen LogP contribution in [0.25, 0.3) is 33.4 Å². The van der Waals surface area contributed by atoms with Gasteiger partial charge < -0.3 is 24.1 Å². The molecule has 0 bridgehead atoms. The Hall–Kier alpha value is -3.16. The fourth-order valence-corrected chi connectivity index (χ4v) is 3.72. The van der Waals surface area contributed by atoms with Crippen LogP contribution in [0, 0.1) is 0 Å². The van der Waals surface area contributed by atoms with E-state index in [0.717, 1.165) is 29.5 Å². The van der Waals surface area contributed by atoms with Crippen LogP contribution in [0.2, 0.25) is 0 Å². The van der Waals surface area contributed by atoms with Gasteiger partial charge in [-0.2, -0.15) is 0 Å². The second kappa shape index (κ2) is 6.78. The molecule has 7 heteroatoms. The highest BCUT2D eigenvalue weighted by molar-refractivity contribution is 5.86. The molecule has 1 saturated heterocycles. The number of hydrogen-bond donors (Lipinski definition) is 2. The summed E-state index contributed by atoms with van der Waals surface area (Å²) in [5, 5.41) is 13.2. The maximum atomic E-state index is 12.7. The van der Waals surface area contributed by atoms with Gasteiger partial charge in [0.2, 0.25) is 0 Å². The lowest BCUT2D eigenvalue weighted by atomic mass is 10.1. The molecule has 1 aliphatic heterocycles. The lowest BCUT2D eigenvalue weighted by Crippen LogP contribution is -3.12. The summed E-state index contributed by atoms with van der Waals surface area (Å²) in [5.41, 5.74) is 2.40. The molecule has 142 valence electrons. The molecule has 0 radical (unpaired) electrons. The van der Waals surface area contributed by atoms with Gasteiger partial charge in [-0.05, 0) is 18.2 Å². The molecule has 4 aromatic rings. The second-order valence-corrected chi connectivity index (χ2v) is 7.05. The molecule has 1 aliphatic rings. The van der Waals surface area contributed by atoms with Crippen LogP contribution in [0.5, 0.6) is 5.75 Å². The minimum Gasteiger partial charge on any atom is -0.872 e. The number of benzene rings is 2. The summed E-state index contributed by atoms with van der Waals surface area (Å²) >= 11 is 0. The predicted octanol–water partition coefficient (Wildman–Crippen LogP) is 0.825. The zero-order valence-corrected chi connectivity index (χ0v) is 15.2. The van der Waals surface area contributed by atoms with Crippen molar-refractivity contribution in [3.05, 3.63) is 58.4 Å². The van der Waals surface area contributed by atoms with Gasteiger partial charge >= 0.3 is 5.63 Å². The summed E-state index contributed by atoms with van der Waals surface area (Å²) in [6.07, 6.45) is 0. The molecule has 0 atom stereocenters. The van der Waals surface area contributed by atoms with Crippen molar-refractivity contribution in [3.63, 3.8) is 0 Å². The molecule has 0 unspecified atom stereocenters. The number of nitrogens with one attached hydrogen (secondary N) is 2. The molecule has 2 N–H and O–H groups in total. The van der Waals surface area contributed by atoms with E-state index in [2.05, 4.69) is 9.97 Å². The van der Waals surface area contributed by atoms with E-state index >= 15 is 0 Å². The molecule has 2 aromatic heterocycles. The van der Waals surface area contributed by atoms with Crippen LogP contribution >= 0.6 is 0 Å². The molecule has 0 aliphatic carbocycles. The van der Waals surface area contributed by atoms with E-state index in [-0.39, 0.29) is 5.75 Å². The molecule has 1 fully saturated rings. The van der Waals surface area contributed by atoms with E-state index in [1.54, 1.807) is 18.2 Å². The largest absolute Gasteiger partial charge is 0.872 e. The Morgan fingerprint density at radius 3 is 2.79 bits per heavy atom. The number of imidazole rings is 1. The average Bonchev–Trinajstić information content (AvgIpc) is 3.15. The Bertz CT molecular complexity index is 1190. The first-order valence-electron chi connectivity index (χ1n) is 9.32. The SMILES string of the molecule is O=c1oc2c(C[NH+]3CCOCC3)c([O-])ccc2cc1-c1nc2ccccc2[nH]1. The number of nitrogens with zero attached hydrogens (tertiary/aromatic N) is 1. The molecule has 3 heterocycles. The summed E-state index contributed by atoms with van der Waals surface area (Å²) in [4.78, 5) is 21.6. The third-order valence-corrected chi connectivity index (χ3v) is 5.23. The maximum Gasteiger partial charge on any atom is 0.347 e. The lowest BCUT2D eigenvalue weighted by Gasteiger charge is -2.26. The Balaban J connectivity index is 1.61. The van der Waals surface area contributed by atoms with Crippen LogP contribution in [-0.2, 0) is 11.3 Å². The quantitative estimate of drug-likeness (QED) is 0.516. The summed E-state index contributed by atoms with van der Waals surface area (Å²) in [6, 6.07) is 12.6. The number of ether oxygens (including phenoxy) is 1. The summed E-state index contributed by atoms with van der Waals surface area (Å²) in [6.45, 7) is 3.53. The van der Waals surface area contributed by atoms with E-state index in [1.165, 1.54) is 4.90 Å². The first kappa shape index (κ1) is 17.0. The van der Waals surface area contributed by atoms with Crippen molar-refractivity contribution in [1.82, 2.24) is 9.97 Å². The summed E-state index contributed by atoms with van der Waals surface area (Å²) in [7, 11) is 0. The number of aromatic amines is 1. The van der Waals surface area contributed by atoms with Crippen molar-refractivity contribution in [2.24, 2.45) is 0 Å². The van der Waals surface area contributed by atoms with Crippen molar-refractivity contribution < 1.29 is 19.2 Å². The van der Waals surface area contributed by atoms with Gasteiger partial charge in [0.25, 0.3) is 0 Å². The van der Waals surface area contributed by atoms with E-state index in [4.69, 9.17) is 9.15 Å². The normalized spacial score (nSPS) is 15.4. The fourth-order valence-electron chi connectivity index (χ4n) is 3.72. The molecule has 0 amide bonds. The summed E-state index contributed by atoms with van der Waals surface area (Å²) < 4.78 is 11.0. The maximum absolute atomic E-state index is 12.7. The van der Waals surface area contributed by atoms with Crippen LogP contribution in [0.4, 0.5) is 0 Å². The molecule has 28 heavy (non-hydrogen) atoms. The smallest absolute Gasteiger partial charge is 0.347 e. The second-order valence-electron chi connectivity index (χ2n) is 7.05. The number of rotatable bonds is 3. The van der Waals surface area contributed by atoms with E-state index in [1.807, 2.05) is 24.3 Å². The van der Waals surface area contributed by atoms with Crippen molar-refractivity contribution >= 4 is 22.0 Å². The molecular weight excluding hydrogens is 358 g/mol. The molecule has 7 nitrogen and oxygen atoms in total.